The quantitative estimate of drug-likeness (QED) is 0.790. The molecule has 0 aliphatic heterocycles. The van der Waals surface area contributed by atoms with Gasteiger partial charge < -0.3 is 5.73 Å². The Morgan fingerprint density at radius 3 is 2.79 bits per heavy atom. The average molecular weight is 253 g/mol. The van der Waals surface area contributed by atoms with Crippen LogP contribution in [0.3, 0.4) is 0 Å². The Morgan fingerprint density at radius 2 is 2.21 bits per heavy atom. The van der Waals surface area contributed by atoms with Gasteiger partial charge in [0.2, 0.25) is 0 Å². The van der Waals surface area contributed by atoms with Gasteiger partial charge in [0.25, 0.3) is 0 Å². The minimum Gasteiger partial charge on any atom is -0.382 e. The summed E-state index contributed by atoms with van der Waals surface area (Å²) in [4.78, 5) is 4.28. The van der Waals surface area contributed by atoms with E-state index in [1.54, 1.807) is 4.68 Å². The molecule has 0 aliphatic rings. The molecule has 4 nitrogen and oxygen atoms in total. The summed E-state index contributed by atoms with van der Waals surface area (Å²) < 4.78 is 2.49. The summed E-state index contributed by atoms with van der Waals surface area (Å²) in [5.74, 6) is 1.26. The van der Waals surface area contributed by atoms with Crippen LogP contribution in [-0.4, -0.2) is 14.8 Å². The summed E-state index contributed by atoms with van der Waals surface area (Å²) in [7, 11) is 0. The van der Waals surface area contributed by atoms with Crippen molar-refractivity contribution in [3.63, 3.8) is 0 Å². The molecule has 0 saturated heterocycles. The van der Waals surface area contributed by atoms with Crippen LogP contribution in [-0.2, 0) is 0 Å². The first-order valence-electron chi connectivity index (χ1n) is 4.12. The minimum atomic E-state index is 0.504. The van der Waals surface area contributed by atoms with Gasteiger partial charge in [-0.3, -0.25) is 0 Å². The van der Waals surface area contributed by atoms with Crippen molar-refractivity contribution in [1.82, 2.24) is 14.8 Å². The number of nitrogen functional groups attached to an aromatic ring is 1. The second kappa shape index (κ2) is 3.42. The lowest BCUT2D eigenvalue weighted by atomic mass is 10.4. The van der Waals surface area contributed by atoms with Crippen LogP contribution in [0.2, 0.25) is 0 Å². The zero-order chi connectivity index (χ0) is 10.1. The van der Waals surface area contributed by atoms with Crippen molar-refractivity contribution in [2.24, 2.45) is 0 Å². The maximum atomic E-state index is 5.58. The summed E-state index contributed by atoms with van der Waals surface area (Å²) in [6.45, 7) is 1.94. The van der Waals surface area contributed by atoms with E-state index in [0.29, 0.717) is 5.82 Å². The smallest absolute Gasteiger partial charge is 0.154 e. The van der Waals surface area contributed by atoms with Gasteiger partial charge in [-0.05, 0) is 35.0 Å². The molecule has 72 valence electrons. The number of rotatable bonds is 1. The molecule has 0 unspecified atom stereocenters. The standard InChI is InChI=1S/C9H9BrN4/c1-6-5-8(11)13-14(6)9-4-2-3-7(10)12-9/h2-5H,1H3,(H2,11,13). The highest BCUT2D eigenvalue weighted by molar-refractivity contribution is 9.10. The zero-order valence-corrected chi connectivity index (χ0v) is 9.19. The summed E-state index contributed by atoms with van der Waals surface area (Å²) in [6.07, 6.45) is 0. The Kier molecular flexibility index (Phi) is 2.25. The van der Waals surface area contributed by atoms with E-state index in [2.05, 4.69) is 26.0 Å². The predicted octanol–water partition coefficient (Wildman–Crippen LogP) is 1.92. The average Bonchev–Trinajstić information content (AvgIpc) is 2.45. The zero-order valence-electron chi connectivity index (χ0n) is 7.61. The lowest BCUT2D eigenvalue weighted by Crippen LogP contribution is -2.01. The lowest BCUT2D eigenvalue weighted by Gasteiger charge is -2.02. The van der Waals surface area contributed by atoms with Gasteiger partial charge >= 0.3 is 0 Å². The van der Waals surface area contributed by atoms with Crippen molar-refractivity contribution in [3.05, 3.63) is 34.6 Å². The first-order chi connectivity index (χ1) is 6.66. The number of aromatic nitrogens is 3. The van der Waals surface area contributed by atoms with Gasteiger partial charge in [0, 0.05) is 11.8 Å². The van der Waals surface area contributed by atoms with Crippen LogP contribution in [0.4, 0.5) is 5.82 Å². The summed E-state index contributed by atoms with van der Waals surface area (Å²) >= 11 is 3.31. The van der Waals surface area contributed by atoms with E-state index in [4.69, 9.17) is 5.73 Å². The SMILES string of the molecule is Cc1cc(N)nn1-c1cccc(Br)n1. The van der Waals surface area contributed by atoms with Crippen molar-refractivity contribution in [3.8, 4) is 5.82 Å². The highest BCUT2D eigenvalue weighted by Crippen LogP contribution is 2.13. The second-order valence-electron chi connectivity index (χ2n) is 2.94. The number of aryl methyl sites for hydroxylation is 1. The lowest BCUT2D eigenvalue weighted by molar-refractivity contribution is 0.818. The van der Waals surface area contributed by atoms with Crippen LogP contribution in [0, 0.1) is 6.92 Å². The summed E-state index contributed by atoms with van der Waals surface area (Å²) in [6, 6.07) is 7.46. The third-order valence-electron chi connectivity index (χ3n) is 1.82. The number of halogens is 1. The Bertz CT molecular complexity index is 464. The van der Waals surface area contributed by atoms with Gasteiger partial charge in [-0.2, -0.15) is 0 Å². The molecule has 5 heteroatoms. The van der Waals surface area contributed by atoms with Crippen LogP contribution in [0.1, 0.15) is 5.69 Å². The highest BCUT2D eigenvalue weighted by atomic mass is 79.9. The molecule has 0 amide bonds. The number of hydrogen-bond acceptors (Lipinski definition) is 3. The first-order valence-corrected chi connectivity index (χ1v) is 4.91. The van der Waals surface area contributed by atoms with Crippen molar-refractivity contribution in [2.45, 2.75) is 6.92 Å². The third-order valence-corrected chi connectivity index (χ3v) is 2.27. The van der Waals surface area contributed by atoms with Crippen LogP contribution in [0.25, 0.3) is 5.82 Å². The molecule has 2 rings (SSSR count). The van der Waals surface area contributed by atoms with Gasteiger partial charge in [0.15, 0.2) is 5.82 Å². The molecule has 2 aromatic rings. The van der Waals surface area contributed by atoms with E-state index in [1.165, 1.54) is 0 Å². The summed E-state index contributed by atoms with van der Waals surface area (Å²) in [5, 5.41) is 4.13. The van der Waals surface area contributed by atoms with E-state index in [-0.39, 0.29) is 0 Å². The maximum Gasteiger partial charge on any atom is 0.154 e. The van der Waals surface area contributed by atoms with Crippen molar-refractivity contribution < 1.29 is 0 Å². The van der Waals surface area contributed by atoms with Gasteiger partial charge in [-0.1, -0.05) is 6.07 Å². The molecular weight excluding hydrogens is 244 g/mol. The molecular formula is C9H9BrN4. The predicted molar refractivity (Wildman–Crippen MR) is 58.2 cm³/mol. The Labute approximate surface area is 89.9 Å². The molecule has 0 aromatic carbocycles. The van der Waals surface area contributed by atoms with Gasteiger partial charge in [-0.25, -0.2) is 9.67 Å². The minimum absolute atomic E-state index is 0.504. The van der Waals surface area contributed by atoms with Crippen molar-refractivity contribution in [1.29, 1.82) is 0 Å². The summed E-state index contributed by atoms with van der Waals surface area (Å²) in [5.41, 5.74) is 6.55. The van der Waals surface area contributed by atoms with Crippen molar-refractivity contribution >= 4 is 21.7 Å². The number of nitrogens with two attached hydrogens (primary N) is 1. The molecule has 2 aromatic heterocycles. The molecule has 0 radical (unpaired) electrons. The van der Waals surface area contributed by atoms with Crippen molar-refractivity contribution in [2.75, 3.05) is 5.73 Å². The number of hydrogen-bond donors (Lipinski definition) is 1. The van der Waals surface area contributed by atoms with E-state index >= 15 is 0 Å². The molecule has 2 N–H and O–H groups in total. The second-order valence-corrected chi connectivity index (χ2v) is 3.75. The third kappa shape index (κ3) is 1.63. The largest absolute Gasteiger partial charge is 0.382 e. The van der Waals surface area contributed by atoms with Crippen LogP contribution in [0.15, 0.2) is 28.9 Å². The van der Waals surface area contributed by atoms with Gasteiger partial charge in [0.1, 0.15) is 10.4 Å². The number of anilines is 1. The molecule has 0 aliphatic carbocycles. The van der Waals surface area contributed by atoms with E-state index in [0.717, 1.165) is 16.1 Å². The number of pyridine rings is 1. The van der Waals surface area contributed by atoms with Gasteiger partial charge in [-0.15, -0.1) is 5.10 Å². The van der Waals surface area contributed by atoms with E-state index in [1.807, 2.05) is 31.2 Å². The fraction of sp³-hybridized carbons (Fsp3) is 0.111. The normalized spacial score (nSPS) is 10.4. The molecule has 0 bridgehead atoms. The monoisotopic (exact) mass is 252 g/mol. The molecule has 14 heavy (non-hydrogen) atoms. The highest BCUT2D eigenvalue weighted by Gasteiger charge is 2.04. The van der Waals surface area contributed by atoms with Gasteiger partial charge in [0.05, 0.1) is 0 Å². The molecule has 0 atom stereocenters. The molecule has 0 saturated carbocycles. The molecule has 2 heterocycles. The molecule has 0 fully saturated rings. The molecule has 0 spiro atoms. The van der Waals surface area contributed by atoms with Crippen LogP contribution in [0.5, 0.6) is 0 Å². The fourth-order valence-electron chi connectivity index (χ4n) is 1.25. The maximum absolute atomic E-state index is 5.58. The Hall–Kier alpha value is -1.36. The van der Waals surface area contributed by atoms with E-state index < -0.39 is 0 Å². The number of nitrogens with zero attached hydrogens (tertiary/aromatic N) is 3. The van der Waals surface area contributed by atoms with Crippen LogP contribution < -0.4 is 5.73 Å². The Balaban J connectivity index is 2.54. The topological polar surface area (TPSA) is 56.7 Å². The Morgan fingerprint density at radius 1 is 1.43 bits per heavy atom. The van der Waals surface area contributed by atoms with Crippen LogP contribution >= 0.6 is 15.9 Å². The first kappa shape index (κ1) is 9.21. The fourth-order valence-corrected chi connectivity index (χ4v) is 1.58. The van der Waals surface area contributed by atoms with E-state index in [9.17, 15) is 0 Å².